The minimum atomic E-state index is -0.271. The van der Waals surface area contributed by atoms with Crippen LogP contribution in [0.5, 0.6) is 0 Å². The number of methoxy groups -OCH3 is 1. The Balaban J connectivity index is 2.16. The Kier molecular flexibility index (Phi) is 6.22. The van der Waals surface area contributed by atoms with Gasteiger partial charge in [-0.25, -0.2) is 9.97 Å². The number of benzene rings is 1. The second-order valence-electron chi connectivity index (χ2n) is 6.75. The lowest BCUT2D eigenvalue weighted by Gasteiger charge is -2.19. The number of carbonyl (C=O) groups excluding carboxylic acids is 2. The number of imidazole rings is 1. The molecule has 154 valence electrons. The van der Waals surface area contributed by atoms with Crippen LogP contribution in [-0.2, 0) is 27.4 Å². The molecule has 0 atom stereocenters. The number of pyridine rings is 1. The van der Waals surface area contributed by atoms with Gasteiger partial charge in [-0.1, -0.05) is 11.6 Å². The number of ether oxygens (including phenoxy) is 1. The van der Waals surface area contributed by atoms with E-state index < -0.39 is 0 Å². The fourth-order valence-corrected chi connectivity index (χ4v) is 3.56. The number of anilines is 1. The number of amides is 1. The molecular formula is C20H24ClN5O3. The lowest BCUT2D eigenvalue weighted by atomic mass is 10.2. The van der Waals surface area contributed by atoms with Gasteiger partial charge >= 0.3 is 5.97 Å². The summed E-state index contributed by atoms with van der Waals surface area (Å²) in [5, 5.41) is 1.43. The summed E-state index contributed by atoms with van der Waals surface area (Å²) < 4.78 is 6.75. The first-order valence-corrected chi connectivity index (χ1v) is 9.79. The smallest absolute Gasteiger partial charge is 0.305 e. The number of fused-ring (bicyclic) bond motifs is 3. The summed E-state index contributed by atoms with van der Waals surface area (Å²) >= 11 is 6.13. The largest absolute Gasteiger partial charge is 0.469 e. The summed E-state index contributed by atoms with van der Waals surface area (Å²) in [5.74, 6) is 0.683. The highest BCUT2D eigenvalue weighted by Crippen LogP contribution is 2.31. The first-order chi connectivity index (χ1) is 13.8. The number of nitrogen functional groups attached to an aromatic ring is 1. The molecule has 29 heavy (non-hydrogen) atoms. The molecule has 0 fully saturated rings. The molecule has 0 aliphatic heterocycles. The molecule has 1 aromatic carbocycles. The molecule has 3 rings (SSSR count). The molecule has 8 nitrogen and oxygen atoms in total. The first-order valence-electron chi connectivity index (χ1n) is 9.41. The van der Waals surface area contributed by atoms with E-state index in [-0.39, 0.29) is 18.3 Å². The molecular weight excluding hydrogens is 394 g/mol. The van der Waals surface area contributed by atoms with Crippen LogP contribution in [0.3, 0.4) is 0 Å². The normalized spacial score (nSPS) is 11.2. The molecule has 0 spiro atoms. The Labute approximate surface area is 173 Å². The molecule has 0 unspecified atom stereocenters. The predicted molar refractivity (Wildman–Crippen MR) is 112 cm³/mol. The number of nitrogens with zero attached hydrogens (tertiary/aromatic N) is 4. The SMILES string of the molecule is CCN(Cc1nc2c(N)nc3cc(Cl)ccc3c2n1CCCC(=O)OC)C(C)=O. The lowest BCUT2D eigenvalue weighted by Crippen LogP contribution is -2.29. The molecule has 0 saturated heterocycles. The van der Waals surface area contributed by atoms with E-state index in [9.17, 15) is 9.59 Å². The summed E-state index contributed by atoms with van der Waals surface area (Å²) in [5.41, 5.74) is 8.26. The highest BCUT2D eigenvalue weighted by Gasteiger charge is 2.20. The summed E-state index contributed by atoms with van der Waals surface area (Å²) in [4.78, 5) is 34.3. The average Bonchev–Trinajstić information content (AvgIpc) is 3.04. The van der Waals surface area contributed by atoms with E-state index in [1.807, 2.05) is 17.6 Å². The Morgan fingerprint density at radius 3 is 2.72 bits per heavy atom. The number of aromatic nitrogens is 3. The third kappa shape index (κ3) is 4.27. The standard InChI is InChI=1S/C20H24ClN5O3/c1-4-25(12(2)27)11-16-24-18-19(26(16)9-5-6-17(28)29-3)14-8-7-13(21)10-15(14)23-20(18)22/h7-8,10H,4-6,9,11H2,1-3H3,(H2,22,23). The van der Waals surface area contributed by atoms with Crippen LogP contribution in [0.2, 0.25) is 5.02 Å². The predicted octanol–water partition coefficient (Wildman–Crippen LogP) is 3.14. The van der Waals surface area contributed by atoms with Crippen molar-refractivity contribution in [3.8, 4) is 0 Å². The summed E-state index contributed by atoms with van der Waals surface area (Å²) in [6.45, 7) is 4.87. The molecule has 3 aromatic rings. The van der Waals surface area contributed by atoms with Crippen LogP contribution in [0, 0.1) is 0 Å². The van der Waals surface area contributed by atoms with Crippen molar-refractivity contribution in [1.82, 2.24) is 19.4 Å². The number of carbonyl (C=O) groups is 2. The number of esters is 1. The molecule has 2 N–H and O–H groups in total. The van der Waals surface area contributed by atoms with Crippen LogP contribution in [0.25, 0.3) is 21.9 Å². The molecule has 0 saturated carbocycles. The summed E-state index contributed by atoms with van der Waals surface area (Å²) in [6, 6.07) is 5.43. The topological polar surface area (TPSA) is 103 Å². The van der Waals surface area contributed by atoms with Gasteiger partial charge in [0.1, 0.15) is 11.3 Å². The third-order valence-corrected chi connectivity index (χ3v) is 5.13. The van der Waals surface area contributed by atoms with Gasteiger partial charge in [0, 0.05) is 36.8 Å². The maximum absolute atomic E-state index is 11.9. The van der Waals surface area contributed by atoms with E-state index in [0.29, 0.717) is 53.8 Å². The van der Waals surface area contributed by atoms with Gasteiger partial charge in [-0.15, -0.1) is 0 Å². The van der Waals surface area contributed by atoms with Crippen molar-refractivity contribution in [2.24, 2.45) is 0 Å². The molecule has 2 aromatic heterocycles. The van der Waals surface area contributed by atoms with Crippen molar-refractivity contribution in [3.63, 3.8) is 0 Å². The molecule has 2 heterocycles. The number of rotatable bonds is 7. The van der Waals surface area contributed by atoms with Crippen LogP contribution in [0.1, 0.15) is 32.5 Å². The van der Waals surface area contributed by atoms with Gasteiger partial charge in [-0.05, 0) is 31.5 Å². The van der Waals surface area contributed by atoms with Crippen LogP contribution >= 0.6 is 11.6 Å². The summed E-state index contributed by atoms with van der Waals surface area (Å²) in [7, 11) is 1.37. The van der Waals surface area contributed by atoms with Crippen LogP contribution in [0.4, 0.5) is 5.82 Å². The van der Waals surface area contributed by atoms with Crippen LogP contribution in [-0.4, -0.2) is 45.0 Å². The van der Waals surface area contributed by atoms with Crippen molar-refractivity contribution >= 4 is 51.2 Å². The van der Waals surface area contributed by atoms with E-state index in [0.717, 1.165) is 10.9 Å². The number of hydrogen-bond acceptors (Lipinski definition) is 6. The highest BCUT2D eigenvalue weighted by atomic mass is 35.5. The van der Waals surface area contributed by atoms with Gasteiger partial charge in [-0.2, -0.15) is 0 Å². The van der Waals surface area contributed by atoms with Gasteiger partial charge in [-0.3, -0.25) is 9.59 Å². The second-order valence-corrected chi connectivity index (χ2v) is 7.18. The van der Waals surface area contributed by atoms with Gasteiger partial charge in [0.05, 0.1) is 24.7 Å². The second kappa shape index (κ2) is 8.65. The number of hydrogen-bond donors (Lipinski definition) is 1. The van der Waals surface area contributed by atoms with Gasteiger partial charge in [0.25, 0.3) is 0 Å². The summed E-state index contributed by atoms with van der Waals surface area (Å²) in [6.07, 6.45) is 0.846. The maximum atomic E-state index is 11.9. The number of nitrogens with two attached hydrogens (primary N) is 1. The zero-order chi connectivity index (χ0) is 21.1. The van der Waals surface area contributed by atoms with Crippen molar-refractivity contribution in [3.05, 3.63) is 29.0 Å². The first kappa shape index (κ1) is 20.9. The zero-order valence-electron chi connectivity index (χ0n) is 16.7. The van der Waals surface area contributed by atoms with Crippen molar-refractivity contribution in [2.75, 3.05) is 19.4 Å². The fraction of sp³-hybridized carbons (Fsp3) is 0.400. The monoisotopic (exact) mass is 417 g/mol. The van der Waals surface area contributed by atoms with Gasteiger partial charge in [0.15, 0.2) is 5.82 Å². The van der Waals surface area contributed by atoms with Crippen LogP contribution in [0.15, 0.2) is 18.2 Å². The third-order valence-electron chi connectivity index (χ3n) is 4.89. The Hall–Kier alpha value is -2.87. The molecule has 0 aliphatic rings. The molecule has 0 radical (unpaired) electrons. The Morgan fingerprint density at radius 2 is 2.07 bits per heavy atom. The Morgan fingerprint density at radius 1 is 1.31 bits per heavy atom. The van der Waals surface area contributed by atoms with Crippen LogP contribution < -0.4 is 5.73 Å². The van der Waals surface area contributed by atoms with Crippen molar-refractivity contribution < 1.29 is 14.3 Å². The van der Waals surface area contributed by atoms with E-state index in [1.165, 1.54) is 14.0 Å². The average molecular weight is 418 g/mol. The number of aryl methyl sites for hydroxylation is 1. The fourth-order valence-electron chi connectivity index (χ4n) is 3.39. The number of halogens is 1. The molecule has 0 bridgehead atoms. The van der Waals surface area contributed by atoms with E-state index in [2.05, 4.69) is 4.98 Å². The molecule has 9 heteroatoms. The maximum Gasteiger partial charge on any atom is 0.305 e. The van der Waals surface area contributed by atoms with E-state index >= 15 is 0 Å². The minimum Gasteiger partial charge on any atom is -0.469 e. The van der Waals surface area contributed by atoms with Gasteiger partial charge in [0.2, 0.25) is 5.91 Å². The Bertz CT molecular complexity index is 1080. The van der Waals surface area contributed by atoms with Gasteiger partial charge < -0.3 is 19.9 Å². The molecule has 0 aliphatic carbocycles. The lowest BCUT2D eigenvalue weighted by molar-refractivity contribution is -0.140. The molecule has 1 amide bonds. The minimum absolute atomic E-state index is 0.0385. The van der Waals surface area contributed by atoms with Crippen molar-refractivity contribution in [2.45, 2.75) is 39.8 Å². The van der Waals surface area contributed by atoms with Crippen molar-refractivity contribution in [1.29, 1.82) is 0 Å². The quantitative estimate of drug-likeness (QED) is 0.592. The van der Waals surface area contributed by atoms with E-state index in [4.69, 9.17) is 27.1 Å². The highest BCUT2D eigenvalue weighted by molar-refractivity contribution is 6.31. The van der Waals surface area contributed by atoms with E-state index in [1.54, 1.807) is 17.0 Å². The zero-order valence-corrected chi connectivity index (χ0v) is 17.5.